The third-order valence-electron chi connectivity index (χ3n) is 3.31. The van der Waals surface area contributed by atoms with Crippen molar-refractivity contribution in [3.63, 3.8) is 0 Å². The summed E-state index contributed by atoms with van der Waals surface area (Å²) in [7, 11) is -3.71. The molecule has 2 heterocycles. The van der Waals surface area contributed by atoms with Crippen molar-refractivity contribution >= 4 is 21.6 Å². The first kappa shape index (κ1) is 16.2. The average Bonchev–Trinajstić information content (AvgIpc) is 2.98. The van der Waals surface area contributed by atoms with Gasteiger partial charge < -0.3 is 14.4 Å². The Morgan fingerprint density at radius 1 is 1.27 bits per heavy atom. The number of hydrogen-bond donors (Lipinski definition) is 1. The largest absolute Gasteiger partial charge is 0.361 e. The van der Waals surface area contributed by atoms with Crippen LogP contribution in [-0.2, 0) is 20.4 Å². The molecule has 2 aromatic heterocycles. The van der Waals surface area contributed by atoms with Crippen molar-refractivity contribution < 1.29 is 22.3 Å². The fourth-order valence-electron chi connectivity index (χ4n) is 1.85. The molecule has 1 unspecified atom stereocenters. The van der Waals surface area contributed by atoms with E-state index in [0.29, 0.717) is 22.8 Å². The van der Waals surface area contributed by atoms with Gasteiger partial charge in [-0.1, -0.05) is 10.3 Å². The van der Waals surface area contributed by atoms with Crippen LogP contribution >= 0.6 is 0 Å². The molecule has 1 N–H and O–H groups in total. The number of rotatable bonds is 5. The molecule has 8 nitrogen and oxygen atoms in total. The highest BCUT2D eigenvalue weighted by atomic mass is 32.2. The smallest absolute Gasteiger partial charge is 0.243 e. The molecule has 0 spiro atoms. The summed E-state index contributed by atoms with van der Waals surface area (Å²) in [6, 6.07) is 1.51. The van der Waals surface area contributed by atoms with Crippen molar-refractivity contribution in [3.05, 3.63) is 28.8 Å². The zero-order valence-corrected chi connectivity index (χ0v) is 13.5. The molecule has 0 aromatic carbocycles. The van der Waals surface area contributed by atoms with E-state index in [1.807, 2.05) is 0 Å². The van der Waals surface area contributed by atoms with E-state index in [9.17, 15) is 13.2 Å². The molecule has 0 radical (unpaired) electrons. The van der Waals surface area contributed by atoms with Crippen LogP contribution in [0.25, 0.3) is 0 Å². The Morgan fingerprint density at radius 3 is 2.45 bits per heavy atom. The summed E-state index contributed by atoms with van der Waals surface area (Å²) < 4.78 is 34.5. The van der Waals surface area contributed by atoms with Crippen LogP contribution in [0.5, 0.6) is 0 Å². The lowest BCUT2D eigenvalue weighted by molar-refractivity contribution is -0.115. The van der Waals surface area contributed by atoms with E-state index in [2.05, 4.69) is 15.6 Å². The molecule has 120 valence electrons. The third-order valence-corrected chi connectivity index (χ3v) is 5.30. The first-order chi connectivity index (χ1) is 10.2. The number of carbonyl (C=O) groups is 1. The maximum atomic E-state index is 12.4. The highest BCUT2D eigenvalue weighted by molar-refractivity contribution is 7.92. The molecule has 0 aliphatic rings. The number of anilines is 1. The van der Waals surface area contributed by atoms with Crippen molar-refractivity contribution in [2.24, 2.45) is 0 Å². The fraction of sp³-hybridized carbons (Fsp3) is 0.462. The number of nitrogens with zero attached hydrogens (tertiary/aromatic N) is 2. The van der Waals surface area contributed by atoms with Crippen LogP contribution in [0.2, 0.25) is 0 Å². The number of hydrogen-bond acceptors (Lipinski definition) is 7. The van der Waals surface area contributed by atoms with Crippen LogP contribution in [0, 0.1) is 20.8 Å². The van der Waals surface area contributed by atoms with Crippen LogP contribution in [0.3, 0.4) is 0 Å². The van der Waals surface area contributed by atoms with Gasteiger partial charge in [-0.3, -0.25) is 4.79 Å². The Kier molecular flexibility index (Phi) is 4.36. The van der Waals surface area contributed by atoms with Gasteiger partial charge in [0.2, 0.25) is 5.91 Å². The topological polar surface area (TPSA) is 115 Å². The van der Waals surface area contributed by atoms with Crippen LogP contribution in [0.4, 0.5) is 5.82 Å². The van der Waals surface area contributed by atoms with Gasteiger partial charge in [-0.15, -0.1) is 0 Å². The Bertz CT molecular complexity index is 771. The number of amides is 1. The molecule has 2 rings (SSSR count). The summed E-state index contributed by atoms with van der Waals surface area (Å²) in [5, 5.41) is 8.49. The number of carbonyl (C=O) groups excluding carboxylic acids is 1. The van der Waals surface area contributed by atoms with Crippen LogP contribution in [0.1, 0.15) is 29.7 Å². The van der Waals surface area contributed by atoms with Crippen molar-refractivity contribution in [2.45, 2.75) is 38.7 Å². The summed E-state index contributed by atoms with van der Waals surface area (Å²) in [6.45, 7) is 6.29. The quantitative estimate of drug-likeness (QED) is 0.885. The summed E-state index contributed by atoms with van der Waals surface area (Å²) in [5.74, 6) is 0.157. The van der Waals surface area contributed by atoms with E-state index >= 15 is 0 Å². The van der Waals surface area contributed by atoms with Crippen molar-refractivity contribution in [2.75, 3.05) is 5.32 Å². The lowest BCUT2D eigenvalue weighted by atomic mass is 10.2. The Balaban J connectivity index is 2.13. The van der Waals surface area contributed by atoms with Crippen LogP contribution in [-0.4, -0.2) is 29.9 Å². The molecule has 2 aromatic rings. The summed E-state index contributed by atoms with van der Waals surface area (Å²) in [6.07, 6.45) is 0. The maximum absolute atomic E-state index is 12.4. The molecule has 0 saturated carbocycles. The molecule has 0 aliphatic heterocycles. The zero-order chi connectivity index (χ0) is 16.5. The van der Waals surface area contributed by atoms with Gasteiger partial charge in [-0.25, -0.2) is 8.42 Å². The molecule has 0 fully saturated rings. The monoisotopic (exact) mass is 327 g/mol. The molecule has 1 amide bonds. The zero-order valence-electron chi connectivity index (χ0n) is 12.7. The molecular weight excluding hydrogens is 310 g/mol. The van der Waals surface area contributed by atoms with E-state index in [1.54, 1.807) is 20.8 Å². The van der Waals surface area contributed by atoms with E-state index in [1.165, 1.54) is 13.0 Å². The van der Waals surface area contributed by atoms with Crippen LogP contribution < -0.4 is 5.32 Å². The predicted octanol–water partition coefficient (Wildman–Crippen LogP) is 1.53. The minimum atomic E-state index is -3.71. The van der Waals surface area contributed by atoms with Gasteiger partial charge in [0.05, 0.1) is 11.4 Å². The summed E-state index contributed by atoms with van der Waals surface area (Å²) in [4.78, 5) is 12.1. The second kappa shape index (κ2) is 5.91. The Labute approximate surface area is 127 Å². The van der Waals surface area contributed by atoms with Gasteiger partial charge >= 0.3 is 0 Å². The van der Waals surface area contributed by atoms with Crippen molar-refractivity contribution in [1.29, 1.82) is 0 Å². The van der Waals surface area contributed by atoms with Gasteiger partial charge in [-0.2, -0.15) is 0 Å². The minimum absolute atomic E-state index is 0.182. The van der Waals surface area contributed by atoms with E-state index in [0.717, 1.165) is 0 Å². The molecule has 0 saturated heterocycles. The second-order valence-corrected chi connectivity index (χ2v) is 7.39. The van der Waals surface area contributed by atoms with Crippen molar-refractivity contribution in [1.82, 2.24) is 10.3 Å². The van der Waals surface area contributed by atoms with Gasteiger partial charge in [-0.05, 0) is 27.7 Å². The molecule has 9 heteroatoms. The number of aromatic nitrogens is 2. The third kappa shape index (κ3) is 3.35. The number of aryl methyl sites for hydroxylation is 3. The average molecular weight is 327 g/mol. The lowest BCUT2D eigenvalue weighted by Gasteiger charge is -2.11. The van der Waals surface area contributed by atoms with Gasteiger partial charge in [0.15, 0.2) is 15.7 Å². The standard InChI is InChI=1S/C13H17N3O5S/c1-7-5-12(16-20-7)14-13(17)10(4)22(18,19)6-11-8(2)15-21-9(11)3/h5,10H,6H2,1-4H3,(H,14,16,17). The number of nitrogens with one attached hydrogen (secondary N) is 1. The molecule has 22 heavy (non-hydrogen) atoms. The van der Waals surface area contributed by atoms with Crippen LogP contribution in [0.15, 0.2) is 15.1 Å². The van der Waals surface area contributed by atoms with E-state index in [-0.39, 0.29) is 11.6 Å². The van der Waals surface area contributed by atoms with E-state index in [4.69, 9.17) is 9.05 Å². The highest BCUT2D eigenvalue weighted by Gasteiger charge is 2.30. The van der Waals surface area contributed by atoms with Gasteiger partial charge in [0, 0.05) is 11.6 Å². The molecular formula is C13H17N3O5S. The summed E-state index contributed by atoms with van der Waals surface area (Å²) in [5.41, 5.74) is 0.984. The fourth-order valence-corrected chi connectivity index (χ4v) is 3.30. The Morgan fingerprint density at radius 2 is 1.95 bits per heavy atom. The van der Waals surface area contributed by atoms with Gasteiger partial charge in [0.25, 0.3) is 0 Å². The first-order valence-corrected chi connectivity index (χ1v) is 8.29. The van der Waals surface area contributed by atoms with E-state index < -0.39 is 21.0 Å². The molecule has 1 atom stereocenters. The summed E-state index contributed by atoms with van der Waals surface area (Å²) >= 11 is 0. The predicted molar refractivity (Wildman–Crippen MR) is 77.9 cm³/mol. The number of sulfone groups is 1. The maximum Gasteiger partial charge on any atom is 0.243 e. The van der Waals surface area contributed by atoms with Crippen molar-refractivity contribution in [3.8, 4) is 0 Å². The molecule has 0 bridgehead atoms. The molecule has 0 aliphatic carbocycles. The SMILES string of the molecule is Cc1cc(NC(=O)C(C)S(=O)(=O)Cc2c(C)noc2C)no1. The Hall–Kier alpha value is -2.16. The second-order valence-electron chi connectivity index (χ2n) is 5.06. The normalized spacial score (nSPS) is 13.1. The highest BCUT2D eigenvalue weighted by Crippen LogP contribution is 2.19. The minimum Gasteiger partial charge on any atom is -0.361 e. The lowest BCUT2D eigenvalue weighted by Crippen LogP contribution is -2.33. The van der Waals surface area contributed by atoms with Gasteiger partial charge in [0.1, 0.15) is 16.8 Å². The first-order valence-electron chi connectivity index (χ1n) is 6.58.